The largest absolute Gasteiger partial charge is 0.359 e. The van der Waals surface area contributed by atoms with Crippen LogP contribution in [0.1, 0.15) is 24.5 Å². The third-order valence-corrected chi connectivity index (χ3v) is 3.05. The first kappa shape index (κ1) is 16.7. The number of benzene rings is 1. The summed E-state index contributed by atoms with van der Waals surface area (Å²) < 4.78 is 0. The Morgan fingerprint density at radius 1 is 1.19 bits per heavy atom. The number of amides is 3. The molecule has 21 heavy (non-hydrogen) atoms. The molecule has 0 radical (unpaired) electrons. The lowest BCUT2D eigenvalue weighted by Gasteiger charge is -2.12. The third-order valence-electron chi connectivity index (χ3n) is 3.05. The maximum Gasteiger partial charge on any atom is 0.313 e. The molecular formula is C15H21N3O3. The number of para-hydroxylation sites is 1. The minimum atomic E-state index is -0.678. The first-order chi connectivity index (χ1) is 10.1. The van der Waals surface area contributed by atoms with Gasteiger partial charge in [0, 0.05) is 18.8 Å². The Kier molecular flexibility index (Phi) is 6.94. The summed E-state index contributed by atoms with van der Waals surface area (Å²) in [6.07, 6.45) is 1.94. The van der Waals surface area contributed by atoms with Gasteiger partial charge in [-0.2, -0.15) is 0 Å². The number of carbonyl (C=O) groups is 3. The SMILES string of the molecule is CCc1cccc(C)c1NC(=O)C(=O)NCCCNC=O. The van der Waals surface area contributed by atoms with Crippen LogP contribution >= 0.6 is 0 Å². The Bertz CT molecular complexity index is 515. The average molecular weight is 291 g/mol. The van der Waals surface area contributed by atoms with Gasteiger partial charge < -0.3 is 16.0 Å². The summed E-state index contributed by atoms with van der Waals surface area (Å²) in [6.45, 7) is 4.67. The topological polar surface area (TPSA) is 87.3 Å². The van der Waals surface area contributed by atoms with Gasteiger partial charge in [0.2, 0.25) is 6.41 Å². The minimum Gasteiger partial charge on any atom is -0.359 e. The molecule has 1 rings (SSSR count). The second-order valence-electron chi connectivity index (χ2n) is 4.60. The van der Waals surface area contributed by atoms with Crippen molar-refractivity contribution in [1.82, 2.24) is 10.6 Å². The molecule has 0 spiro atoms. The zero-order valence-electron chi connectivity index (χ0n) is 12.4. The lowest BCUT2D eigenvalue weighted by molar-refractivity contribution is -0.136. The molecule has 3 amide bonds. The zero-order chi connectivity index (χ0) is 15.7. The highest BCUT2D eigenvalue weighted by molar-refractivity contribution is 6.39. The van der Waals surface area contributed by atoms with Gasteiger partial charge in [0.15, 0.2) is 0 Å². The van der Waals surface area contributed by atoms with Crippen LogP contribution in [0.3, 0.4) is 0 Å². The Morgan fingerprint density at radius 2 is 1.95 bits per heavy atom. The van der Waals surface area contributed by atoms with E-state index in [2.05, 4.69) is 16.0 Å². The Morgan fingerprint density at radius 3 is 2.62 bits per heavy atom. The van der Waals surface area contributed by atoms with E-state index in [4.69, 9.17) is 0 Å². The number of carbonyl (C=O) groups excluding carboxylic acids is 3. The second kappa shape index (κ2) is 8.73. The maximum atomic E-state index is 11.9. The molecule has 0 aromatic heterocycles. The van der Waals surface area contributed by atoms with Gasteiger partial charge in [-0.15, -0.1) is 0 Å². The minimum absolute atomic E-state index is 0.335. The number of hydrogen-bond acceptors (Lipinski definition) is 3. The Balaban J connectivity index is 2.53. The summed E-state index contributed by atoms with van der Waals surface area (Å²) in [5, 5.41) is 7.65. The molecule has 0 heterocycles. The number of nitrogens with one attached hydrogen (secondary N) is 3. The van der Waals surface area contributed by atoms with Gasteiger partial charge in [-0.1, -0.05) is 25.1 Å². The van der Waals surface area contributed by atoms with Crippen LogP contribution in [0, 0.1) is 6.92 Å². The lowest BCUT2D eigenvalue weighted by atomic mass is 10.1. The van der Waals surface area contributed by atoms with E-state index < -0.39 is 11.8 Å². The van der Waals surface area contributed by atoms with Gasteiger partial charge in [0.25, 0.3) is 0 Å². The van der Waals surface area contributed by atoms with E-state index in [1.807, 2.05) is 32.0 Å². The van der Waals surface area contributed by atoms with Crippen molar-refractivity contribution in [1.29, 1.82) is 0 Å². The zero-order valence-corrected chi connectivity index (χ0v) is 12.4. The van der Waals surface area contributed by atoms with Gasteiger partial charge in [-0.05, 0) is 30.9 Å². The van der Waals surface area contributed by atoms with Gasteiger partial charge in [-0.3, -0.25) is 14.4 Å². The summed E-state index contributed by atoms with van der Waals surface area (Å²) in [4.78, 5) is 33.6. The van der Waals surface area contributed by atoms with Crippen molar-refractivity contribution in [3.63, 3.8) is 0 Å². The fourth-order valence-electron chi connectivity index (χ4n) is 1.90. The van der Waals surface area contributed by atoms with Crippen LogP contribution in [-0.4, -0.2) is 31.3 Å². The Hall–Kier alpha value is -2.37. The van der Waals surface area contributed by atoms with Gasteiger partial charge in [0.05, 0.1) is 0 Å². The van der Waals surface area contributed by atoms with Crippen molar-refractivity contribution in [2.45, 2.75) is 26.7 Å². The van der Waals surface area contributed by atoms with Crippen LogP contribution < -0.4 is 16.0 Å². The van der Waals surface area contributed by atoms with Gasteiger partial charge in [0.1, 0.15) is 0 Å². The first-order valence-electron chi connectivity index (χ1n) is 6.94. The van der Waals surface area contributed by atoms with Crippen LogP contribution in [0.2, 0.25) is 0 Å². The molecular weight excluding hydrogens is 270 g/mol. The molecule has 1 aromatic carbocycles. The summed E-state index contributed by atoms with van der Waals surface area (Å²) in [7, 11) is 0. The molecule has 0 atom stereocenters. The summed E-state index contributed by atoms with van der Waals surface area (Å²) in [6, 6.07) is 5.73. The van der Waals surface area contributed by atoms with Crippen LogP contribution in [0.15, 0.2) is 18.2 Å². The van der Waals surface area contributed by atoms with Crippen molar-refractivity contribution in [2.24, 2.45) is 0 Å². The Labute approximate surface area is 124 Å². The van der Waals surface area contributed by atoms with Crippen LogP contribution in [0.4, 0.5) is 5.69 Å². The highest BCUT2D eigenvalue weighted by Crippen LogP contribution is 2.20. The first-order valence-corrected chi connectivity index (χ1v) is 6.94. The smallest absolute Gasteiger partial charge is 0.313 e. The van der Waals surface area contributed by atoms with Crippen LogP contribution in [-0.2, 0) is 20.8 Å². The molecule has 0 aliphatic rings. The molecule has 3 N–H and O–H groups in total. The molecule has 0 aliphatic heterocycles. The fraction of sp³-hybridized carbons (Fsp3) is 0.400. The van der Waals surface area contributed by atoms with Crippen molar-refractivity contribution >= 4 is 23.9 Å². The molecule has 0 unspecified atom stereocenters. The van der Waals surface area contributed by atoms with E-state index in [0.29, 0.717) is 31.6 Å². The molecule has 114 valence electrons. The van der Waals surface area contributed by atoms with E-state index >= 15 is 0 Å². The second-order valence-corrected chi connectivity index (χ2v) is 4.60. The van der Waals surface area contributed by atoms with Crippen LogP contribution in [0.25, 0.3) is 0 Å². The molecule has 6 nitrogen and oxygen atoms in total. The maximum absolute atomic E-state index is 11.9. The van der Waals surface area contributed by atoms with Gasteiger partial charge in [-0.25, -0.2) is 0 Å². The van der Waals surface area contributed by atoms with E-state index in [-0.39, 0.29) is 0 Å². The predicted octanol–water partition coefficient (Wildman–Crippen LogP) is 0.748. The monoisotopic (exact) mass is 291 g/mol. The van der Waals surface area contributed by atoms with E-state index in [1.54, 1.807) is 0 Å². The van der Waals surface area contributed by atoms with Crippen LogP contribution in [0.5, 0.6) is 0 Å². The molecule has 0 saturated carbocycles. The highest BCUT2D eigenvalue weighted by atomic mass is 16.2. The molecule has 0 saturated heterocycles. The molecule has 6 heteroatoms. The number of rotatable bonds is 7. The standard InChI is InChI=1S/C15H21N3O3/c1-3-12-7-4-6-11(2)13(12)18-15(21)14(20)17-9-5-8-16-10-19/h4,6-7,10H,3,5,8-9H2,1-2H3,(H,16,19)(H,17,20)(H,18,21). The molecule has 0 fully saturated rings. The molecule has 0 aliphatic carbocycles. The summed E-state index contributed by atoms with van der Waals surface area (Å²) >= 11 is 0. The molecule has 0 bridgehead atoms. The van der Waals surface area contributed by atoms with Crippen molar-refractivity contribution in [3.8, 4) is 0 Å². The number of hydrogen-bond donors (Lipinski definition) is 3. The lowest BCUT2D eigenvalue weighted by Crippen LogP contribution is -2.37. The summed E-state index contributed by atoms with van der Waals surface area (Å²) in [5.74, 6) is -1.35. The molecule has 1 aromatic rings. The van der Waals surface area contributed by atoms with Gasteiger partial charge >= 0.3 is 11.8 Å². The van der Waals surface area contributed by atoms with Crippen molar-refractivity contribution in [3.05, 3.63) is 29.3 Å². The van der Waals surface area contributed by atoms with E-state index in [1.165, 1.54) is 0 Å². The van der Waals surface area contributed by atoms with E-state index in [9.17, 15) is 14.4 Å². The normalized spacial score (nSPS) is 9.81. The fourth-order valence-corrected chi connectivity index (χ4v) is 1.90. The van der Waals surface area contributed by atoms with Crippen molar-refractivity contribution in [2.75, 3.05) is 18.4 Å². The number of anilines is 1. The van der Waals surface area contributed by atoms with Crippen molar-refractivity contribution < 1.29 is 14.4 Å². The highest BCUT2D eigenvalue weighted by Gasteiger charge is 2.15. The predicted molar refractivity (Wildman–Crippen MR) is 80.9 cm³/mol. The quantitative estimate of drug-likeness (QED) is 0.393. The summed E-state index contributed by atoms with van der Waals surface area (Å²) in [5.41, 5.74) is 2.61. The third kappa shape index (κ3) is 5.25. The van der Waals surface area contributed by atoms with E-state index in [0.717, 1.165) is 17.5 Å². The number of aryl methyl sites for hydroxylation is 2. The average Bonchev–Trinajstić information content (AvgIpc) is 2.48.